The summed E-state index contributed by atoms with van der Waals surface area (Å²) in [5, 5.41) is 9.91. The van der Waals surface area contributed by atoms with Crippen LogP contribution >= 0.6 is 0 Å². The van der Waals surface area contributed by atoms with Gasteiger partial charge in [0.15, 0.2) is 0 Å². The molecule has 1 amide bonds. The second-order valence-corrected chi connectivity index (χ2v) is 5.38. The Balaban J connectivity index is 1.85. The molecule has 1 aliphatic rings. The van der Waals surface area contributed by atoms with Gasteiger partial charge >= 0.3 is 0 Å². The molecule has 2 aromatic rings. The van der Waals surface area contributed by atoms with Gasteiger partial charge in [-0.05, 0) is 24.8 Å². The highest BCUT2D eigenvalue weighted by molar-refractivity contribution is 5.99. The summed E-state index contributed by atoms with van der Waals surface area (Å²) in [5.74, 6) is 0.814. The minimum Gasteiger partial charge on any atom is -0.310 e. The van der Waals surface area contributed by atoms with Crippen molar-refractivity contribution in [1.82, 2.24) is 10.2 Å². The lowest BCUT2D eigenvalue weighted by Crippen LogP contribution is -2.46. The van der Waals surface area contributed by atoms with Crippen LogP contribution in [0.2, 0.25) is 0 Å². The summed E-state index contributed by atoms with van der Waals surface area (Å²) in [6.45, 7) is 2.05. The van der Waals surface area contributed by atoms with E-state index in [1.165, 1.54) is 0 Å². The molecule has 2 N–H and O–H groups in total. The summed E-state index contributed by atoms with van der Waals surface area (Å²) in [6, 6.07) is 10.1. The van der Waals surface area contributed by atoms with Crippen molar-refractivity contribution >= 4 is 11.7 Å². The molecular formula is C16H19N3O. The number of nitrogens with one attached hydrogen (secondary N) is 2. The molecule has 1 aromatic carbocycles. The zero-order valence-corrected chi connectivity index (χ0v) is 11.6. The first-order valence-corrected chi connectivity index (χ1v) is 7.15. The summed E-state index contributed by atoms with van der Waals surface area (Å²) in [6.07, 6.45) is 5.55. The molecule has 0 radical (unpaired) electrons. The Hall–Kier alpha value is -2.10. The fraction of sp³-hybridized carbons (Fsp3) is 0.375. The molecule has 3 rings (SSSR count). The summed E-state index contributed by atoms with van der Waals surface area (Å²) >= 11 is 0. The Kier molecular flexibility index (Phi) is 3.30. The number of aromatic amines is 1. The van der Waals surface area contributed by atoms with Crippen molar-refractivity contribution in [3.8, 4) is 0 Å². The summed E-state index contributed by atoms with van der Waals surface area (Å²) in [7, 11) is 0. The van der Waals surface area contributed by atoms with Crippen molar-refractivity contribution in [2.24, 2.45) is 0 Å². The minimum absolute atomic E-state index is 0.0777. The molecule has 104 valence electrons. The summed E-state index contributed by atoms with van der Waals surface area (Å²) in [4.78, 5) is 12.7. The smallest absolute Gasteiger partial charge is 0.236 e. The van der Waals surface area contributed by atoms with Gasteiger partial charge in [-0.2, -0.15) is 5.10 Å². The third kappa shape index (κ3) is 2.01. The Morgan fingerprint density at radius 2 is 2.10 bits per heavy atom. The molecular weight excluding hydrogens is 250 g/mol. The second kappa shape index (κ2) is 5.12. The predicted octanol–water partition coefficient (Wildman–Crippen LogP) is 3.03. The fourth-order valence-corrected chi connectivity index (χ4v) is 2.85. The maximum atomic E-state index is 12.7. The Bertz CT molecular complexity index is 599. The van der Waals surface area contributed by atoms with E-state index in [2.05, 4.69) is 22.4 Å². The number of hydrogen-bond acceptors (Lipinski definition) is 2. The third-order valence-electron chi connectivity index (χ3n) is 4.31. The van der Waals surface area contributed by atoms with Crippen LogP contribution in [0, 0.1) is 0 Å². The van der Waals surface area contributed by atoms with Crippen molar-refractivity contribution in [1.29, 1.82) is 0 Å². The molecule has 0 aliphatic heterocycles. The van der Waals surface area contributed by atoms with Crippen LogP contribution in [-0.4, -0.2) is 16.1 Å². The SMILES string of the molecule is CCc1cn[nH]c1NC(=O)C1(c2ccccc2)CCC1. The molecule has 1 aromatic heterocycles. The van der Waals surface area contributed by atoms with Crippen LogP contribution in [0.3, 0.4) is 0 Å². The van der Waals surface area contributed by atoms with Gasteiger partial charge < -0.3 is 5.32 Å². The number of nitrogens with zero attached hydrogens (tertiary/aromatic N) is 1. The van der Waals surface area contributed by atoms with Crippen molar-refractivity contribution in [3.63, 3.8) is 0 Å². The number of aryl methyl sites for hydroxylation is 1. The van der Waals surface area contributed by atoms with Gasteiger partial charge in [0.2, 0.25) is 5.91 Å². The number of H-pyrrole nitrogens is 1. The molecule has 20 heavy (non-hydrogen) atoms. The van der Waals surface area contributed by atoms with Gasteiger partial charge in [-0.25, -0.2) is 0 Å². The molecule has 1 saturated carbocycles. The standard InChI is InChI=1S/C16H19N3O/c1-2-12-11-17-19-14(12)18-15(20)16(9-6-10-16)13-7-4-3-5-8-13/h3-5,7-8,11H,2,6,9-10H2,1H3,(H2,17,18,19,20). The first-order chi connectivity index (χ1) is 9.76. The number of carbonyl (C=O) groups is 1. The van der Waals surface area contributed by atoms with E-state index >= 15 is 0 Å². The summed E-state index contributed by atoms with van der Waals surface area (Å²) in [5.41, 5.74) is 1.79. The van der Waals surface area contributed by atoms with Gasteiger partial charge in [-0.1, -0.05) is 43.7 Å². The number of benzene rings is 1. The maximum Gasteiger partial charge on any atom is 0.236 e. The monoisotopic (exact) mass is 269 g/mol. The summed E-state index contributed by atoms with van der Waals surface area (Å²) < 4.78 is 0. The van der Waals surface area contributed by atoms with Crippen molar-refractivity contribution < 1.29 is 4.79 Å². The van der Waals surface area contributed by atoms with Crippen molar-refractivity contribution in [2.45, 2.75) is 38.0 Å². The van der Waals surface area contributed by atoms with E-state index in [1.807, 2.05) is 30.3 Å². The van der Waals surface area contributed by atoms with Gasteiger partial charge in [-0.15, -0.1) is 0 Å². The Morgan fingerprint density at radius 1 is 1.35 bits per heavy atom. The lowest BCUT2D eigenvalue weighted by Gasteiger charge is -2.40. The van der Waals surface area contributed by atoms with E-state index in [9.17, 15) is 4.79 Å². The van der Waals surface area contributed by atoms with Crippen LogP contribution in [0.1, 0.15) is 37.3 Å². The largest absolute Gasteiger partial charge is 0.310 e. The van der Waals surface area contributed by atoms with E-state index in [1.54, 1.807) is 6.20 Å². The topological polar surface area (TPSA) is 57.8 Å². The fourth-order valence-electron chi connectivity index (χ4n) is 2.85. The van der Waals surface area contributed by atoms with Crippen molar-refractivity contribution in [3.05, 3.63) is 47.7 Å². The average Bonchev–Trinajstić information content (AvgIpc) is 2.86. The number of anilines is 1. The van der Waals surface area contributed by atoms with E-state index in [4.69, 9.17) is 0 Å². The quantitative estimate of drug-likeness (QED) is 0.896. The highest BCUT2D eigenvalue weighted by Gasteiger charge is 2.45. The molecule has 1 aliphatic carbocycles. The van der Waals surface area contributed by atoms with Crippen LogP contribution in [-0.2, 0) is 16.6 Å². The molecule has 1 fully saturated rings. The first kappa shape index (κ1) is 12.9. The van der Waals surface area contributed by atoms with Gasteiger partial charge in [0.25, 0.3) is 0 Å². The lowest BCUT2D eigenvalue weighted by atomic mass is 9.64. The number of amides is 1. The molecule has 4 heteroatoms. The minimum atomic E-state index is -0.364. The van der Waals surface area contributed by atoms with Crippen LogP contribution in [0.4, 0.5) is 5.82 Å². The number of rotatable bonds is 4. The highest BCUT2D eigenvalue weighted by atomic mass is 16.2. The molecule has 0 saturated heterocycles. The highest BCUT2D eigenvalue weighted by Crippen LogP contribution is 2.44. The molecule has 0 unspecified atom stereocenters. The van der Waals surface area contributed by atoms with E-state index in [0.717, 1.165) is 42.6 Å². The Morgan fingerprint density at radius 3 is 2.70 bits per heavy atom. The van der Waals surface area contributed by atoms with Gasteiger partial charge in [0.05, 0.1) is 11.6 Å². The van der Waals surface area contributed by atoms with Crippen molar-refractivity contribution in [2.75, 3.05) is 5.32 Å². The second-order valence-electron chi connectivity index (χ2n) is 5.38. The third-order valence-corrected chi connectivity index (χ3v) is 4.31. The predicted molar refractivity (Wildman–Crippen MR) is 78.6 cm³/mol. The molecule has 4 nitrogen and oxygen atoms in total. The molecule has 0 atom stereocenters. The van der Waals surface area contributed by atoms with Crippen LogP contribution in [0.15, 0.2) is 36.5 Å². The zero-order valence-electron chi connectivity index (χ0n) is 11.6. The van der Waals surface area contributed by atoms with E-state index in [0.29, 0.717) is 0 Å². The first-order valence-electron chi connectivity index (χ1n) is 7.15. The average molecular weight is 269 g/mol. The maximum absolute atomic E-state index is 12.7. The molecule has 0 bridgehead atoms. The lowest BCUT2D eigenvalue weighted by molar-refractivity contribution is -0.124. The zero-order chi connectivity index (χ0) is 14.0. The Labute approximate surface area is 118 Å². The van der Waals surface area contributed by atoms with Crippen LogP contribution < -0.4 is 5.32 Å². The number of aromatic nitrogens is 2. The molecule has 1 heterocycles. The van der Waals surface area contributed by atoms with Crippen LogP contribution in [0.5, 0.6) is 0 Å². The van der Waals surface area contributed by atoms with E-state index in [-0.39, 0.29) is 11.3 Å². The van der Waals surface area contributed by atoms with Crippen LogP contribution in [0.25, 0.3) is 0 Å². The van der Waals surface area contributed by atoms with E-state index < -0.39 is 0 Å². The number of carbonyl (C=O) groups excluding carboxylic acids is 1. The van der Waals surface area contributed by atoms with Gasteiger partial charge in [0.1, 0.15) is 5.82 Å². The van der Waals surface area contributed by atoms with Gasteiger partial charge in [-0.3, -0.25) is 9.89 Å². The molecule has 0 spiro atoms. The number of hydrogen-bond donors (Lipinski definition) is 2. The van der Waals surface area contributed by atoms with Gasteiger partial charge in [0, 0.05) is 5.56 Å². The normalized spacial score (nSPS) is 16.4.